The molecule has 5 heteroatoms. The standard InChI is InChI=1S/C26H29NO4/c1-29-24-15-9-14-23(25(24)30-2)26(19-10-5-3-6-11-19,20-12-7-4-8-13-20)31-18-21-16-22(28)17-27-21/h3-15,21-22,27-28H,16-18H2,1-2H3. The first-order chi connectivity index (χ1) is 15.2. The Bertz CT molecular complexity index is 938. The van der Waals surface area contributed by atoms with Gasteiger partial charge in [0, 0.05) is 18.2 Å². The summed E-state index contributed by atoms with van der Waals surface area (Å²) < 4.78 is 18.3. The van der Waals surface area contributed by atoms with Gasteiger partial charge in [-0.25, -0.2) is 0 Å². The summed E-state index contributed by atoms with van der Waals surface area (Å²) in [5.41, 5.74) is 1.93. The predicted octanol–water partition coefficient (Wildman–Crippen LogP) is 3.74. The number of para-hydroxylation sites is 1. The molecule has 5 nitrogen and oxygen atoms in total. The molecule has 0 saturated carbocycles. The van der Waals surface area contributed by atoms with Crippen LogP contribution < -0.4 is 14.8 Å². The first-order valence-electron chi connectivity index (χ1n) is 10.6. The Balaban J connectivity index is 1.92. The summed E-state index contributed by atoms with van der Waals surface area (Å²) in [6.45, 7) is 1.02. The molecule has 1 saturated heterocycles. The van der Waals surface area contributed by atoms with Gasteiger partial charge in [0.05, 0.1) is 26.9 Å². The molecule has 0 aromatic heterocycles. The van der Waals surface area contributed by atoms with E-state index in [4.69, 9.17) is 14.2 Å². The summed E-state index contributed by atoms with van der Waals surface area (Å²) >= 11 is 0. The zero-order chi connectivity index (χ0) is 21.7. The van der Waals surface area contributed by atoms with Crippen LogP contribution in [0.15, 0.2) is 78.9 Å². The van der Waals surface area contributed by atoms with Gasteiger partial charge in [0.2, 0.25) is 0 Å². The highest BCUT2D eigenvalue weighted by Crippen LogP contribution is 2.47. The topological polar surface area (TPSA) is 60.0 Å². The van der Waals surface area contributed by atoms with Gasteiger partial charge in [-0.2, -0.15) is 0 Å². The minimum Gasteiger partial charge on any atom is -0.493 e. The van der Waals surface area contributed by atoms with Gasteiger partial charge in [-0.3, -0.25) is 0 Å². The lowest BCUT2D eigenvalue weighted by atomic mass is 9.79. The fourth-order valence-corrected chi connectivity index (χ4v) is 4.38. The molecule has 1 aliphatic rings. The Labute approximate surface area is 183 Å². The van der Waals surface area contributed by atoms with Crippen molar-refractivity contribution in [2.24, 2.45) is 0 Å². The molecule has 0 bridgehead atoms. The third kappa shape index (κ3) is 4.17. The molecule has 4 rings (SSSR count). The van der Waals surface area contributed by atoms with Crippen molar-refractivity contribution in [1.29, 1.82) is 0 Å². The van der Waals surface area contributed by atoms with Gasteiger partial charge in [0.1, 0.15) is 5.60 Å². The zero-order valence-electron chi connectivity index (χ0n) is 18.0. The van der Waals surface area contributed by atoms with E-state index in [1.54, 1.807) is 14.2 Å². The maximum atomic E-state index is 9.98. The highest BCUT2D eigenvalue weighted by molar-refractivity contribution is 5.57. The third-order valence-corrected chi connectivity index (χ3v) is 5.84. The normalized spacial score (nSPS) is 18.7. The van der Waals surface area contributed by atoms with Gasteiger partial charge in [-0.15, -0.1) is 0 Å². The Kier molecular flexibility index (Phi) is 6.56. The van der Waals surface area contributed by atoms with E-state index >= 15 is 0 Å². The smallest absolute Gasteiger partial charge is 0.167 e. The number of β-amino-alcohol motifs (C(OH)–C–C–N with tert-alkyl or cyclic N) is 1. The third-order valence-electron chi connectivity index (χ3n) is 5.84. The van der Waals surface area contributed by atoms with Crippen LogP contribution in [-0.4, -0.2) is 44.6 Å². The Hall–Kier alpha value is -2.86. The molecule has 2 unspecified atom stereocenters. The molecule has 0 amide bonds. The van der Waals surface area contributed by atoms with Gasteiger partial charge in [0.15, 0.2) is 11.5 Å². The maximum Gasteiger partial charge on any atom is 0.167 e. The number of hydrogen-bond acceptors (Lipinski definition) is 5. The van der Waals surface area contributed by atoms with Gasteiger partial charge >= 0.3 is 0 Å². The van der Waals surface area contributed by atoms with Gasteiger partial charge < -0.3 is 24.6 Å². The molecule has 162 valence electrons. The van der Waals surface area contributed by atoms with Crippen molar-refractivity contribution in [3.8, 4) is 11.5 Å². The second-order valence-electron chi connectivity index (χ2n) is 7.76. The first-order valence-corrected chi connectivity index (χ1v) is 10.6. The van der Waals surface area contributed by atoms with E-state index in [-0.39, 0.29) is 12.1 Å². The van der Waals surface area contributed by atoms with Crippen LogP contribution in [0.5, 0.6) is 11.5 Å². The van der Waals surface area contributed by atoms with Crippen LogP contribution in [0.25, 0.3) is 0 Å². The zero-order valence-corrected chi connectivity index (χ0v) is 18.0. The van der Waals surface area contributed by atoms with Crippen LogP contribution in [0.4, 0.5) is 0 Å². The Morgan fingerprint density at radius 2 is 1.52 bits per heavy atom. The van der Waals surface area contributed by atoms with Crippen molar-refractivity contribution in [2.75, 3.05) is 27.4 Å². The van der Waals surface area contributed by atoms with Crippen LogP contribution >= 0.6 is 0 Å². The molecule has 3 aromatic rings. The monoisotopic (exact) mass is 419 g/mol. The summed E-state index contributed by atoms with van der Waals surface area (Å²) in [5, 5.41) is 13.3. The first kappa shape index (κ1) is 21.4. The van der Waals surface area contributed by atoms with Crippen LogP contribution in [0, 0.1) is 0 Å². The molecule has 2 N–H and O–H groups in total. The number of benzene rings is 3. The second kappa shape index (κ2) is 9.52. The number of aliphatic hydroxyl groups excluding tert-OH is 1. The highest BCUT2D eigenvalue weighted by atomic mass is 16.5. The molecule has 1 heterocycles. The quantitative estimate of drug-likeness (QED) is 0.545. The number of aliphatic hydroxyl groups is 1. The van der Waals surface area contributed by atoms with E-state index in [1.807, 2.05) is 54.6 Å². The number of methoxy groups -OCH3 is 2. The van der Waals surface area contributed by atoms with Crippen LogP contribution in [0.1, 0.15) is 23.1 Å². The summed E-state index contributed by atoms with van der Waals surface area (Å²) in [6.07, 6.45) is 0.317. The van der Waals surface area contributed by atoms with Crippen LogP contribution in [-0.2, 0) is 10.3 Å². The Morgan fingerprint density at radius 1 is 0.871 bits per heavy atom. The number of ether oxygens (including phenoxy) is 3. The van der Waals surface area contributed by atoms with E-state index < -0.39 is 5.60 Å². The van der Waals surface area contributed by atoms with Gasteiger partial charge in [0.25, 0.3) is 0 Å². The fourth-order valence-electron chi connectivity index (χ4n) is 4.38. The predicted molar refractivity (Wildman–Crippen MR) is 121 cm³/mol. The van der Waals surface area contributed by atoms with Crippen molar-refractivity contribution in [1.82, 2.24) is 5.32 Å². The molecule has 0 radical (unpaired) electrons. The van der Waals surface area contributed by atoms with Crippen LogP contribution in [0.2, 0.25) is 0 Å². The number of rotatable bonds is 8. The Morgan fingerprint density at radius 3 is 2.03 bits per heavy atom. The molecular formula is C26H29NO4. The van der Waals surface area contributed by atoms with E-state index in [1.165, 1.54) is 0 Å². The van der Waals surface area contributed by atoms with Crippen molar-refractivity contribution in [3.63, 3.8) is 0 Å². The molecule has 2 atom stereocenters. The molecular weight excluding hydrogens is 390 g/mol. The number of hydrogen-bond donors (Lipinski definition) is 2. The lowest BCUT2D eigenvalue weighted by Crippen LogP contribution is -2.38. The highest BCUT2D eigenvalue weighted by Gasteiger charge is 2.41. The summed E-state index contributed by atoms with van der Waals surface area (Å²) in [6, 6.07) is 26.3. The molecule has 0 spiro atoms. The van der Waals surface area contributed by atoms with Gasteiger partial charge in [-0.05, 0) is 23.6 Å². The SMILES string of the molecule is COc1cccc(C(OCC2CC(O)CN2)(c2ccccc2)c2ccccc2)c1OC. The summed E-state index contributed by atoms with van der Waals surface area (Å²) in [5.74, 6) is 1.28. The summed E-state index contributed by atoms with van der Waals surface area (Å²) in [4.78, 5) is 0. The average molecular weight is 420 g/mol. The summed E-state index contributed by atoms with van der Waals surface area (Å²) in [7, 11) is 3.29. The largest absolute Gasteiger partial charge is 0.493 e. The molecule has 3 aromatic carbocycles. The fraction of sp³-hybridized carbons (Fsp3) is 0.308. The van der Waals surface area contributed by atoms with Crippen molar-refractivity contribution in [3.05, 3.63) is 95.6 Å². The molecule has 31 heavy (non-hydrogen) atoms. The van der Waals surface area contributed by atoms with E-state index in [2.05, 4.69) is 29.6 Å². The minimum atomic E-state index is -0.919. The van der Waals surface area contributed by atoms with E-state index in [0.717, 1.165) is 16.7 Å². The van der Waals surface area contributed by atoms with Crippen molar-refractivity contribution in [2.45, 2.75) is 24.2 Å². The lowest BCUT2D eigenvalue weighted by Gasteiger charge is -2.37. The molecule has 1 aliphatic heterocycles. The van der Waals surface area contributed by atoms with Crippen molar-refractivity contribution >= 4 is 0 Å². The van der Waals surface area contributed by atoms with Crippen molar-refractivity contribution < 1.29 is 19.3 Å². The van der Waals surface area contributed by atoms with E-state index in [0.29, 0.717) is 31.1 Å². The average Bonchev–Trinajstić information content (AvgIpc) is 3.25. The lowest BCUT2D eigenvalue weighted by molar-refractivity contribution is -0.000349. The molecule has 1 fully saturated rings. The van der Waals surface area contributed by atoms with E-state index in [9.17, 15) is 5.11 Å². The van der Waals surface area contributed by atoms with Crippen LogP contribution in [0.3, 0.4) is 0 Å². The number of nitrogens with one attached hydrogen (secondary N) is 1. The van der Waals surface area contributed by atoms with Gasteiger partial charge in [-0.1, -0.05) is 72.8 Å². The second-order valence-corrected chi connectivity index (χ2v) is 7.76. The molecule has 0 aliphatic carbocycles. The minimum absolute atomic E-state index is 0.0680. The maximum absolute atomic E-state index is 9.98.